The van der Waals surface area contributed by atoms with Crippen molar-refractivity contribution < 1.29 is 18.7 Å². The maximum absolute atomic E-state index is 13.7. The van der Waals surface area contributed by atoms with Gasteiger partial charge in [-0.15, -0.1) is 11.3 Å². The summed E-state index contributed by atoms with van der Waals surface area (Å²) in [6.45, 7) is 5.35. The molecule has 0 aliphatic rings. The number of anilines is 1. The summed E-state index contributed by atoms with van der Waals surface area (Å²) in [4.78, 5) is 24.4. The SMILES string of the molecule is CCOC(=O)c1c(NCc2ccccc2F)sc(C(C)=O)c1C. The zero-order valence-electron chi connectivity index (χ0n) is 13.2. The first kappa shape index (κ1) is 17.1. The molecule has 0 atom stereocenters. The monoisotopic (exact) mass is 335 g/mol. The van der Waals surface area contributed by atoms with E-state index in [9.17, 15) is 14.0 Å². The van der Waals surface area contributed by atoms with E-state index in [1.807, 2.05) is 0 Å². The molecule has 122 valence electrons. The number of rotatable bonds is 6. The molecule has 0 unspecified atom stereocenters. The maximum Gasteiger partial charge on any atom is 0.341 e. The van der Waals surface area contributed by atoms with Gasteiger partial charge in [-0.1, -0.05) is 18.2 Å². The average Bonchev–Trinajstić information content (AvgIpc) is 2.83. The molecule has 0 aliphatic carbocycles. The lowest BCUT2D eigenvalue weighted by atomic mass is 10.1. The van der Waals surface area contributed by atoms with Gasteiger partial charge in [0.2, 0.25) is 0 Å². The van der Waals surface area contributed by atoms with Crippen molar-refractivity contribution in [3.05, 3.63) is 51.7 Å². The fraction of sp³-hybridized carbons (Fsp3) is 0.294. The van der Waals surface area contributed by atoms with E-state index >= 15 is 0 Å². The number of hydrogen-bond donors (Lipinski definition) is 1. The maximum atomic E-state index is 13.7. The van der Waals surface area contributed by atoms with Crippen LogP contribution in [0.5, 0.6) is 0 Å². The largest absolute Gasteiger partial charge is 0.462 e. The van der Waals surface area contributed by atoms with Crippen LogP contribution in [0.4, 0.5) is 9.39 Å². The standard InChI is InChI=1S/C17H18FNO3S/c1-4-22-17(21)14-10(2)15(11(3)20)23-16(14)19-9-12-7-5-6-8-13(12)18/h5-8,19H,4,9H2,1-3H3. The van der Waals surface area contributed by atoms with Crippen molar-refractivity contribution in [3.8, 4) is 0 Å². The van der Waals surface area contributed by atoms with Crippen LogP contribution in [0, 0.1) is 12.7 Å². The van der Waals surface area contributed by atoms with Crippen molar-refractivity contribution in [2.24, 2.45) is 0 Å². The van der Waals surface area contributed by atoms with E-state index in [0.717, 1.165) is 0 Å². The number of esters is 1. The van der Waals surface area contributed by atoms with Gasteiger partial charge in [-0.3, -0.25) is 4.79 Å². The van der Waals surface area contributed by atoms with Gasteiger partial charge in [0.15, 0.2) is 5.78 Å². The third kappa shape index (κ3) is 3.76. The Balaban J connectivity index is 2.33. The zero-order valence-corrected chi connectivity index (χ0v) is 14.1. The number of carbonyl (C=O) groups excluding carboxylic acids is 2. The van der Waals surface area contributed by atoms with Gasteiger partial charge in [-0.05, 0) is 32.4 Å². The number of benzene rings is 1. The number of hydrogen-bond acceptors (Lipinski definition) is 5. The number of carbonyl (C=O) groups is 2. The smallest absolute Gasteiger partial charge is 0.341 e. The minimum Gasteiger partial charge on any atom is -0.462 e. The number of halogens is 1. The van der Waals surface area contributed by atoms with E-state index in [1.165, 1.54) is 24.3 Å². The molecule has 1 N–H and O–H groups in total. The molecule has 0 radical (unpaired) electrons. The Hall–Kier alpha value is -2.21. The lowest BCUT2D eigenvalue weighted by Gasteiger charge is -2.08. The molecule has 1 aromatic carbocycles. The molecule has 23 heavy (non-hydrogen) atoms. The van der Waals surface area contributed by atoms with Crippen molar-refractivity contribution in [1.29, 1.82) is 0 Å². The van der Waals surface area contributed by atoms with Gasteiger partial charge >= 0.3 is 5.97 Å². The molecule has 0 saturated carbocycles. The summed E-state index contributed by atoms with van der Waals surface area (Å²) >= 11 is 1.19. The molecular formula is C17H18FNO3S. The number of ether oxygens (including phenoxy) is 1. The first-order valence-corrected chi connectivity index (χ1v) is 8.06. The highest BCUT2D eigenvalue weighted by atomic mass is 32.1. The van der Waals surface area contributed by atoms with Gasteiger partial charge in [0, 0.05) is 12.1 Å². The minimum absolute atomic E-state index is 0.114. The highest BCUT2D eigenvalue weighted by Crippen LogP contribution is 2.34. The summed E-state index contributed by atoms with van der Waals surface area (Å²) in [5.41, 5.74) is 1.42. The predicted molar refractivity (Wildman–Crippen MR) is 88.7 cm³/mol. The van der Waals surface area contributed by atoms with E-state index in [-0.39, 0.29) is 24.8 Å². The normalized spacial score (nSPS) is 10.4. The van der Waals surface area contributed by atoms with Crippen LogP contribution >= 0.6 is 11.3 Å². The second-order valence-electron chi connectivity index (χ2n) is 4.98. The molecule has 2 rings (SSSR count). The number of ketones is 1. The average molecular weight is 335 g/mol. The van der Waals surface area contributed by atoms with E-state index in [4.69, 9.17) is 4.74 Å². The van der Waals surface area contributed by atoms with E-state index < -0.39 is 5.97 Å². The molecule has 0 bridgehead atoms. The number of Topliss-reactive ketones (excluding diaryl/α,β-unsaturated/α-hetero) is 1. The van der Waals surface area contributed by atoms with Crippen LogP contribution in [0.15, 0.2) is 24.3 Å². The van der Waals surface area contributed by atoms with Gasteiger partial charge in [-0.2, -0.15) is 0 Å². The Bertz CT molecular complexity index is 739. The summed E-state index contributed by atoms with van der Waals surface area (Å²) in [6.07, 6.45) is 0. The van der Waals surface area contributed by atoms with E-state index in [0.29, 0.717) is 26.6 Å². The van der Waals surface area contributed by atoms with Crippen LogP contribution in [0.1, 0.15) is 45.0 Å². The fourth-order valence-electron chi connectivity index (χ4n) is 2.24. The quantitative estimate of drug-likeness (QED) is 0.635. The number of nitrogens with one attached hydrogen (secondary N) is 1. The Morgan fingerprint density at radius 3 is 2.61 bits per heavy atom. The summed E-state index contributed by atoms with van der Waals surface area (Å²) in [5, 5.41) is 3.57. The van der Waals surface area contributed by atoms with Gasteiger partial charge in [-0.25, -0.2) is 9.18 Å². The second kappa shape index (κ2) is 7.37. The predicted octanol–water partition coefficient (Wildman–Crippen LogP) is 4.19. The van der Waals surface area contributed by atoms with Crippen molar-refractivity contribution >= 4 is 28.1 Å². The van der Waals surface area contributed by atoms with Crippen LogP contribution < -0.4 is 5.32 Å². The summed E-state index contributed by atoms with van der Waals surface area (Å²) in [5.74, 6) is -0.917. The molecule has 0 fully saturated rings. The molecular weight excluding hydrogens is 317 g/mol. The third-order valence-corrected chi connectivity index (χ3v) is 4.69. The molecule has 1 heterocycles. The Labute approximate surface area is 138 Å². The third-order valence-electron chi connectivity index (χ3n) is 3.34. The molecule has 0 amide bonds. The van der Waals surface area contributed by atoms with Crippen LogP contribution in [0.25, 0.3) is 0 Å². The molecule has 0 saturated heterocycles. The lowest BCUT2D eigenvalue weighted by Crippen LogP contribution is -2.09. The molecule has 0 aliphatic heterocycles. The zero-order chi connectivity index (χ0) is 17.0. The van der Waals surface area contributed by atoms with Gasteiger partial charge in [0.1, 0.15) is 10.8 Å². The summed E-state index contributed by atoms with van der Waals surface area (Å²) in [6, 6.07) is 6.40. The molecule has 1 aromatic heterocycles. The Morgan fingerprint density at radius 2 is 2.00 bits per heavy atom. The van der Waals surface area contributed by atoms with Crippen molar-refractivity contribution in [2.75, 3.05) is 11.9 Å². The highest BCUT2D eigenvalue weighted by Gasteiger charge is 2.24. The van der Waals surface area contributed by atoms with Crippen LogP contribution in [-0.2, 0) is 11.3 Å². The Morgan fingerprint density at radius 1 is 1.30 bits per heavy atom. The van der Waals surface area contributed by atoms with E-state index in [2.05, 4.69) is 5.32 Å². The summed E-state index contributed by atoms with van der Waals surface area (Å²) in [7, 11) is 0. The number of thiophene rings is 1. The van der Waals surface area contributed by atoms with Crippen molar-refractivity contribution in [1.82, 2.24) is 0 Å². The van der Waals surface area contributed by atoms with Crippen LogP contribution in [-0.4, -0.2) is 18.4 Å². The topological polar surface area (TPSA) is 55.4 Å². The second-order valence-corrected chi connectivity index (χ2v) is 6.00. The summed E-state index contributed by atoms with van der Waals surface area (Å²) < 4.78 is 18.8. The van der Waals surface area contributed by atoms with Crippen LogP contribution in [0.2, 0.25) is 0 Å². The van der Waals surface area contributed by atoms with Crippen molar-refractivity contribution in [3.63, 3.8) is 0 Å². The van der Waals surface area contributed by atoms with Crippen molar-refractivity contribution in [2.45, 2.75) is 27.3 Å². The molecule has 4 nitrogen and oxygen atoms in total. The first-order chi connectivity index (χ1) is 11.0. The first-order valence-electron chi connectivity index (χ1n) is 7.24. The molecule has 0 spiro atoms. The van der Waals surface area contributed by atoms with E-state index in [1.54, 1.807) is 32.0 Å². The fourth-order valence-corrected chi connectivity index (χ4v) is 3.33. The molecule has 2 aromatic rings. The van der Waals surface area contributed by atoms with Gasteiger partial charge < -0.3 is 10.1 Å². The van der Waals surface area contributed by atoms with Gasteiger partial charge in [0.05, 0.1) is 17.0 Å². The molecule has 6 heteroatoms. The minimum atomic E-state index is -0.482. The Kier molecular flexibility index (Phi) is 5.50. The lowest BCUT2D eigenvalue weighted by molar-refractivity contribution is 0.0527. The van der Waals surface area contributed by atoms with Crippen LogP contribution in [0.3, 0.4) is 0 Å². The van der Waals surface area contributed by atoms with Gasteiger partial charge in [0.25, 0.3) is 0 Å². The highest BCUT2D eigenvalue weighted by molar-refractivity contribution is 7.18.